The van der Waals surface area contributed by atoms with E-state index in [4.69, 9.17) is 14.2 Å². The van der Waals surface area contributed by atoms with Gasteiger partial charge in [0.1, 0.15) is 19.0 Å². The number of fused-ring (bicyclic) bond motifs is 1. The maximum atomic E-state index is 12.5. The smallest absolute Gasteiger partial charge is 0.240 e. The number of ether oxygens (including phenoxy) is 3. The van der Waals surface area contributed by atoms with Crippen LogP contribution in [-0.2, 0) is 14.8 Å². The van der Waals surface area contributed by atoms with Crippen LogP contribution < -0.4 is 24.2 Å². The summed E-state index contributed by atoms with van der Waals surface area (Å²) < 4.78 is 43.6. The predicted molar refractivity (Wildman–Crippen MR) is 117 cm³/mol. The third kappa shape index (κ3) is 6.35. The Morgan fingerprint density at radius 1 is 1.03 bits per heavy atom. The minimum Gasteiger partial charge on any atom is -0.495 e. The molecule has 1 aliphatic heterocycles. The highest BCUT2D eigenvalue weighted by Gasteiger charge is 2.19. The number of aryl methyl sites for hydroxylation is 1. The van der Waals surface area contributed by atoms with Gasteiger partial charge in [-0.25, -0.2) is 13.1 Å². The first-order valence-electron chi connectivity index (χ1n) is 10.2. The van der Waals surface area contributed by atoms with Gasteiger partial charge in [0.25, 0.3) is 0 Å². The molecule has 168 valence electrons. The van der Waals surface area contributed by atoms with E-state index in [9.17, 15) is 13.2 Å². The van der Waals surface area contributed by atoms with Gasteiger partial charge in [-0.05, 0) is 49.6 Å². The molecule has 31 heavy (non-hydrogen) atoms. The zero-order valence-corrected chi connectivity index (χ0v) is 18.6. The van der Waals surface area contributed by atoms with E-state index < -0.39 is 10.0 Å². The van der Waals surface area contributed by atoms with E-state index in [1.54, 1.807) is 13.2 Å². The van der Waals surface area contributed by atoms with Gasteiger partial charge >= 0.3 is 0 Å². The molecule has 0 fully saturated rings. The van der Waals surface area contributed by atoms with Crippen molar-refractivity contribution < 1.29 is 27.4 Å². The fourth-order valence-corrected chi connectivity index (χ4v) is 4.29. The fraction of sp³-hybridized carbons (Fsp3) is 0.409. The Kier molecular flexibility index (Phi) is 7.75. The molecule has 0 aromatic heterocycles. The lowest BCUT2D eigenvalue weighted by Crippen LogP contribution is -2.25. The van der Waals surface area contributed by atoms with E-state index in [2.05, 4.69) is 10.0 Å². The highest BCUT2D eigenvalue weighted by molar-refractivity contribution is 7.89. The van der Waals surface area contributed by atoms with Gasteiger partial charge in [-0.1, -0.05) is 12.5 Å². The van der Waals surface area contributed by atoms with E-state index >= 15 is 0 Å². The Bertz CT molecular complexity index is 1020. The third-order valence-electron chi connectivity index (χ3n) is 4.83. The molecule has 1 heterocycles. The molecule has 2 N–H and O–H groups in total. The van der Waals surface area contributed by atoms with E-state index in [0.717, 1.165) is 12.0 Å². The molecule has 1 aliphatic rings. The molecule has 1 amide bonds. The lowest BCUT2D eigenvalue weighted by Gasteiger charge is -2.18. The molecule has 0 atom stereocenters. The molecule has 0 unspecified atom stereocenters. The Hall–Kier alpha value is -2.78. The topological polar surface area (TPSA) is 103 Å². The zero-order chi connectivity index (χ0) is 22.3. The number of methoxy groups -OCH3 is 1. The maximum absolute atomic E-state index is 12.5. The number of hydrogen-bond acceptors (Lipinski definition) is 6. The number of carbonyl (C=O) groups is 1. The summed E-state index contributed by atoms with van der Waals surface area (Å²) in [6.07, 6.45) is 2.37. The molecule has 2 aromatic carbocycles. The van der Waals surface area contributed by atoms with Crippen LogP contribution in [0.5, 0.6) is 17.2 Å². The average Bonchev–Trinajstić information content (AvgIpc) is 2.76. The van der Waals surface area contributed by atoms with Crippen LogP contribution >= 0.6 is 0 Å². The van der Waals surface area contributed by atoms with Crippen molar-refractivity contribution in [2.75, 3.05) is 32.2 Å². The van der Waals surface area contributed by atoms with E-state index in [-0.39, 0.29) is 10.8 Å². The maximum Gasteiger partial charge on any atom is 0.240 e. The van der Waals surface area contributed by atoms with Crippen molar-refractivity contribution in [2.24, 2.45) is 0 Å². The lowest BCUT2D eigenvalue weighted by atomic mass is 10.1. The van der Waals surface area contributed by atoms with Crippen molar-refractivity contribution in [3.63, 3.8) is 0 Å². The molecule has 0 saturated carbocycles. The Balaban J connectivity index is 1.39. The minimum absolute atomic E-state index is 0.0965. The molecule has 0 spiro atoms. The van der Waals surface area contributed by atoms with Gasteiger partial charge in [-0.2, -0.15) is 0 Å². The summed E-state index contributed by atoms with van der Waals surface area (Å²) in [6.45, 7) is 3.09. The summed E-state index contributed by atoms with van der Waals surface area (Å²) in [6, 6.07) is 10.2. The van der Waals surface area contributed by atoms with Crippen LogP contribution in [-0.4, -0.2) is 41.2 Å². The summed E-state index contributed by atoms with van der Waals surface area (Å²) in [5, 5.41) is 2.87. The number of rotatable bonds is 10. The number of benzene rings is 2. The van der Waals surface area contributed by atoms with Crippen LogP contribution in [0.3, 0.4) is 0 Å². The number of anilines is 1. The van der Waals surface area contributed by atoms with E-state index in [0.29, 0.717) is 62.0 Å². The number of amides is 1. The average molecular weight is 449 g/mol. The number of hydrogen-bond donors (Lipinski definition) is 2. The number of unbranched alkanes of at least 4 members (excludes halogenated alkanes) is 2. The summed E-state index contributed by atoms with van der Waals surface area (Å²) in [5.41, 5.74) is 1.68. The second-order valence-electron chi connectivity index (χ2n) is 7.27. The normalized spacial score (nSPS) is 13.0. The highest BCUT2D eigenvalue weighted by atomic mass is 32.2. The number of nitrogens with one attached hydrogen (secondary N) is 2. The van der Waals surface area contributed by atoms with Gasteiger partial charge in [0, 0.05) is 19.0 Å². The fourth-order valence-electron chi connectivity index (χ4n) is 3.20. The molecule has 0 aliphatic carbocycles. The zero-order valence-electron chi connectivity index (χ0n) is 17.8. The Morgan fingerprint density at radius 3 is 2.58 bits per heavy atom. The monoisotopic (exact) mass is 448 g/mol. The summed E-state index contributed by atoms with van der Waals surface area (Å²) in [5.74, 6) is 1.50. The molecule has 8 nitrogen and oxygen atoms in total. The first-order chi connectivity index (χ1) is 14.9. The summed E-state index contributed by atoms with van der Waals surface area (Å²) >= 11 is 0. The molecule has 0 radical (unpaired) electrons. The quantitative estimate of drug-likeness (QED) is 0.541. The van der Waals surface area contributed by atoms with Gasteiger partial charge in [0.05, 0.1) is 17.7 Å². The second-order valence-corrected chi connectivity index (χ2v) is 9.03. The minimum atomic E-state index is -3.63. The van der Waals surface area contributed by atoms with Crippen molar-refractivity contribution in [2.45, 2.75) is 37.5 Å². The van der Waals surface area contributed by atoms with Gasteiger partial charge in [0.2, 0.25) is 15.9 Å². The largest absolute Gasteiger partial charge is 0.495 e. The first kappa shape index (κ1) is 22.9. The molecule has 0 bridgehead atoms. The Morgan fingerprint density at radius 2 is 1.81 bits per heavy atom. The van der Waals surface area contributed by atoms with E-state index in [1.165, 1.54) is 12.1 Å². The van der Waals surface area contributed by atoms with Crippen molar-refractivity contribution in [1.29, 1.82) is 0 Å². The van der Waals surface area contributed by atoms with Gasteiger partial charge in [-0.15, -0.1) is 0 Å². The molecule has 2 aromatic rings. The van der Waals surface area contributed by atoms with Crippen LogP contribution in [0.4, 0.5) is 5.69 Å². The molecular formula is C22H28N2O6S. The molecule has 0 saturated heterocycles. The van der Waals surface area contributed by atoms with Crippen LogP contribution in [0, 0.1) is 6.92 Å². The van der Waals surface area contributed by atoms with Gasteiger partial charge in [0.15, 0.2) is 11.5 Å². The van der Waals surface area contributed by atoms with Crippen LogP contribution in [0.2, 0.25) is 0 Å². The predicted octanol–water partition coefficient (Wildman–Crippen LogP) is 3.25. The van der Waals surface area contributed by atoms with Crippen LogP contribution in [0.1, 0.15) is 31.2 Å². The van der Waals surface area contributed by atoms with Crippen molar-refractivity contribution in [3.05, 3.63) is 42.0 Å². The second kappa shape index (κ2) is 10.5. The van der Waals surface area contributed by atoms with Crippen molar-refractivity contribution in [3.8, 4) is 17.2 Å². The molecule has 3 rings (SSSR count). The standard InChI is InChI=1S/C22H28N2O6S/c1-16-7-9-19(28-2)18(14-16)24-22(25)6-4-3-5-11-23-31(26,27)17-8-10-20-21(15-17)30-13-12-29-20/h7-10,14-15,23H,3-6,11-13H2,1-2H3,(H,24,25). The van der Waals surface area contributed by atoms with Crippen molar-refractivity contribution >= 4 is 21.6 Å². The first-order valence-corrected chi connectivity index (χ1v) is 11.7. The SMILES string of the molecule is COc1ccc(C)cc1NC(=O)CCCCCNS(=O)(=O)c1ccc2c(c1)OCCO2. The Labute approximate surface area is 182 Å². The highest BCUT2D eigenvalue weighted by Crippen LogP contribution is 2.32. The molecule has 9 heteroatoms. The molecular weight excluding hydrogens is 420 g/mol. The van der Waals surface area contributed by atoms with Crippen LogP contribution in [0.15, 0.2) is 41.3 Å². The number of sulfonamides is 1. The summed E-state index contributed by atoms with van der Waals surface area (Å²) in [7, 11) is -2.07. The van der Waals surface area contributed by atoms with Gasteiger partial charge < -0.3 is 19.5 Å². The third-order valence-corrected chi connectivity index (χ3v) is 6.28. The van der Waals surface area contributed by atoms with Crippen LogP contribution in [0.25, 0.3) is 0 Å². The number of carbonyl (C=O) groups excluding carboxylic acids is 1. The summed E-state index contributed by atoms with van der Waals surface area (Å²) in [4.78, 5) is 12.3. The van der Waals surface area contributed by atoms with E-state index in [1.807, 2.05) is 25.1 Å². The van der Waals surface area contributed by atoms with Gasteiger partial charge in [-0.3, -0.25) is 4.79 Å². The van der Waals surface area contributed by atoms with Crippen molar-refractivity contribution in [1.82, 2.24) is 4.72 Å². The lowest BCUT2D eigenvalue weighted by molar-refractivity contribution is -0.116.